The first-order valence-electron chi connectivity index (χ1n) is 12.2. The maximum Gasteiger partial charge on any atom is 0.416 e. The van der Waals surface area contributed by atoms with Crippen molar-refractivity contribution in [3.8, 4) is 5.75 Å². The lowest BCUT2D eigenvalue weighted by atomic mass is 9.77. The molecule has 6 nitrogen and oxygen atoms in total. The summed E-state index contributed by atoms with van der Waals surface area (Å²) >= 11 is 0. The number of carbonyl (C=O) groups is 1. The molecule has 2 aromatic carbocycles. The van der Waals surface area contributed by atoms with Crippen molar-refractivity contribution in [2.75, 3.05) is 4.90 Å². The molecule has 0 spiro atoms. The maximum atomic E-state index is 13.7. The predicted octanol–water partition coefficient (Wildman–Crippen LogP) is 7.52. The minimum absolute atomic E-state index is 0.0216. The lowest BCUT2D eigenvalue weighted by molar-refractivity contribution is -0.143. The zero-order valence-electron chi connectivity index (χ0n) is 21.5. The molecule has 1 amide bonds. The summed E-state index contributed by atoms with van der Waals surface area (Å²) < 4.78 is 122. The third kappa shape index (κ3) is 5.96. The van der Waals surface area contributed by atoms with E-state index in [4.69, 9.17) is 5.73 Å². The summed E-state index contributed by atoms with van der Waals surface area (Å²) in [4.78, 5) is 17.0. The molecule has 0 radical (unpaired) electrons. The van der Waals surface area contributed by atoms with Crippen molar-refractivity contribution in [2.45, 2.75) is 56.3 Å². The molecule has 0 saturated carbocycles. The Morgan fingerprint density at radius 2 is 1.52 bits per heavy atom. The normalized spacial score (nSPS) is 19.5. The van der Waals surface area contributed by atoms with E-state index in [0.717, 1.165) is 23.2 Å². The zero-order chi connectivity index (χ0) is 31.4. The van der Waals surface area contributed by atoms with E-state index in [1.165, 1.54) is 6.92 Å². The quantitative estimate of drug-likeness (QED) is 0.267. The van der Waals surface area contributed by atoms with Crippen LogP contribution in [0.25, 0.3) is 0 Å². The van der Waals surface area contributed by atoms with Crippen LogP contribution in [-0.4, -0.2) is 27.0 Å². The lowest BCUT2D eigenvalue weighted by Gasteiger charge is -2.46. The highest BCUT2D eigenvalue weighted by Gasteiger charge is 2.47. The second-order valence-corrected chi connectivity index (χ2v) is 9.93. The molecular formula is C27H22F9N3O3. The summed E-state index contributed by atoms with van der Waals surface area (Å²) in [5.74, 6) is -1.70. The molecule has 226 valence electrons. The van der Waals surface area contributed by atoms with E-state index in [-0.39, 0.29) is 41.4 Å². The number of aromatic hydroxyl groups is 1. The number of hydrogen-bond acceptors (Lipinski definition) is 4. The number of rotatable bonds is 4. The van der Waals surface area contributed by atoms with E-state index in [2.05, 4.69) is 4.98 Å². The Morgan fingerprint density at radius 3 is 2.02 bits per heavy atom. The summed E-state index contributed by atoms with van der Waals surface area (Å²) in [5, 5.41) is 20.0. The number of alkyl halides is 9. The van der Waals surface area contributed by atoms with E-state index in [1.807, 2.05) is 0 Å². The number of aromatic nitrogens is 1. The molecule has 15 heteroatoms. The van der Waals surface area contributed by atoms with Gasteiger partial charge < -0.3 is 15.9 Å². The zero-order valence-corrected chi connectivity index (χ0v) is 21.5. The highest BCUT2D eigenvalue weighted by atomic mass is 19.4. The van der Waals surface area contributed by atoms with Gasteiger partial charge in [-0.2, -0.15) is 39.5 Å². The van der Waals surface area contributed by atoms with Crippen LogP contribution >= 0.6 is 0 Å². The van der Waals surface area contributed by atoms with Gasteiger partial charge in [-0.15, -0.1) is 0 Å². The topological polar surface area (TPSA) is 99.7 Å². The number of anilines is 1. The molecule has 0 unspecified atom stereocenters. The minimum atomic E-state index is -5.13. The summed E-state index contributed by atoms with van der Waals surface area (Å²) in [6, 6.07) is 4.26. The van der Waals surface area contributed by atoms with Gasteiger partial charge in [0.15, 0.2) is 0 Å². The van der Waals surface area contributed by atoms with Crippen LogP contribution < -0.4 is 10.6 Å². The summed E-state index contributed by atoms with van der Waals surface area (Å²) in [6.07, 6.45) is -16.8. The molecule has 42 heavy (non-hydrogen) atoms. The molecule has 4 rings (SSSR count). The van der Waals surface area contributed by atoms with Crippen molar-refractivity contribution in [1.29, 1.82) is 0 Å². The fraction of sp³-hybridized carbons (Fsp3) is 0.333. The molecule has 0 aliphatic carbocycles. The van der Waals surface area contributed by atoms with Crippen LogP contribution in [0.15, 0.2) is 48.7 Å². The number of carboxylic acid groups (broad SMARTS) is 1. The third-order valence-corrected chi connectivity index (χ3v) is 7.14. The van der Waals surface area contributed by atoms with E-state index in [1.54, 1.807) is 0 Å². The van der Waals surface area contributed by atoms with Gasteiger partial charge in [-0.3, -0.25) is 9.88 Å². The Morgan fingerprint density at radius 1 is 0.952 bits per heavy atom. The van der Waals surface area contributed by atoms with Crippen LogP contribution in [0.2, 0.25) is 0 Å². The van der Waals surface area contributed by atoms with Crippen LogP contribution in [0.5, 0.6) is 5.75 Å². The molecule has 1 aliphatic rings. The first kappa shape index (κ1) is 30.9. The Kier molecular flexibility index (Phi) is 7.63. The number of benzene rings is 2. The molecule has 3 aromatic rings. The van der Waals surface area contributed by atoms with Crippen LogP contribution in [0.4, 0.5) is 50.0 Å². The van der Waals surface area contributed by atoms with Gasteiger partial charge in [-0.25, -0.2) is 4.79 Å². The van der Waals surface area contributed by atoms with Crippen molar-refractivity contribution in [2.24, 2.45) is 5.73 Å². The van der Waals surface area contributed by atoms with Gasteiger partial charge in [-0.05, 0) is 78.4 Å². The Hall–Kier alpha value is -4.01. The van der Waals surface area contributed by atoms with Crippen molar-refractivity contribution in [3.63, 3.8) is 0 Å². The Bertz CT molecular complexity index is 1490. The first-order chi connectivity index (χ1) is 19.2. The van der Waals surface area contributed by atoms with Gasteiger partial charge in [-0.1, -0.05) is 6.92 Å². The number of amides is 1. The van der Waals surface area contributed by atoms with Gasteiger partial charge in [0.05, 0.1) is 34.3 Å². The van der Waals surface area contributed by atoms with Crippen LogP contribution in [0, 0.1) is 0 Å². The lowest BCUT2D eigenvalue weighted by Crippen LogP contribution is -2.61. The first-order valence-corrected chi connectivity index (χ1v) is 12.2. The second-order valence-electron chi connectivity index (χ2n) is 9.93. The number of pyridine rings is 1. The summed E-state index contributed by atoms with van der Waals surface area (Å²) in [5.41, 5.74) is -0.587. The molecule has 0 saturated heterocycles. The van der Waals surface area contributed by atoms with E-state index in [9.17, 15) is 54.5 Å². The van der Waals surface area contributed by atoms with Crippen molar-refractivity contribution in [3.05, 3.63) is 87.7 Å². The van der Waals surface area contributed by atoms with Crippen molar-refractivity contribution >= 4 is 11.8 Å². The average molecular weight is 607 g/mol. The van der Waals surface area contributed by atoms with Crippen LogP contribution in [0.3, 0.4) is 0 Å². The monoisotopic (exact) mass is 607 g/mol. The van der Waals surface area contributed by atoms with Crippen molar-refractivity contribution in [1.82, 2.24) is 4.98 Å². The molecule has 0 bridgehead atoms. The fourth-order valence-corrected chi connectivity index (χ4v) is 5.15. The molecule has 0 fully saturated rings. The SMILES string of the molecule is CC[C@]1(N)C[C@H](c2ncc(O)cc2Cc2cc(C(F)(F)F)cc(C(F)(F)F)c2)c2cc(C(F)(F)F)ccc2N1C(=O)O. The third-order valence-electron chi connectivity index (χ3n) is 7.14. The smallest absolute Gasteiger partial charge is 0.416 e. The van der Waals surface area contributed by atoms with Gasteiger partial charge in [0.25, 0.3) is 0 Å². The van der Waals surface area contributed by atoms with E-state index < -0.39 is 70.6 Å². The minimum Gasteiger partial charge on any atom is -0.506 e. The number of hydrogen-bond donors (Lipinski definition) is 3. The summed E-state index contributed by atoms with van der Waals surface area (Å²) in [7, 11) is 0. The van der Waals surface area contributed by atoms with Gasteiger partial charge in [0, 0.05) is 5.92 Å². The molecule has 1 aromatic heterocycles. The Balaban J connectivity index is 1.94. The second kappa shape index (κ2) is 10.4. The molecule has 4 N–H and O–H groups in total. The Labute approximate surface area is 232 Å². The molecule has 2 atom stereocenters. The standard InChI is InChI=1S/C27H22F9N3O3/c1-2-24(37)11-20(19-10-15(25(28,29)30)3-4-21(19)39(24)23(41)42)22-14(8-18(40)12-38-22)5-13-6-16(26(31,32)33)9-17(7-13)27(34,35)36/h3-4,6-10,12,20,40H,2,5,11,37H2,1H3,(H,41,42)/t20-,24+/m0/s1. The predicted molar refractivity (Wildman–Crippen MR) is 131 cm³/mol. The van der Waals surface area contributed by atoms with Crippen LogP contribution in [-0.2, 0) is 24.9 Å². The van der Waals surface area contributed by atoms with Gasteiger partial charge in [0.1, 0.15) is 11.4 Å². The average Bonchev–Trinajstić information content (AvgIpc) is 2.86. The van der Waals surface area contributed by atoms with Gasteiger partial charge >= 0.3 is 24.6 Å². The fourth-order valence-electron chi connectivity index (χ4n) is 5.15. The maximum absolute atomic E-state index is 13.7. The van der Waals surface area contributed by atoms with Gasteiger partial charge in [0.2, 0.25) is 0 Å². The van der Waals surface area contributed by atoms with Crippen LogP contribution in [0.1, 0.15) is 64.8 Å². The number of nitrogens with two attached hydrogens (primary N) is 1. The van der Waals surface area contributed by atoms with E-state index in [0.29, 0.717) is 24.3 Å². The number of fused-ring (bicyclic) bond motifs is 1. The summed E-state index contributed by atoms with van der Waals surface area (Å²) in [6.45, 7) is 1.54. The van der Waals surface area contributed by atoms with E-state index >= 15 is 0 Å². The molecule has 1 aliphatic heterocycles. The number of halogens is 9. The van der Waals surface area contributed by atoms with Crippen molar-refractivity contribution < 1.29 is 54.5 Å². The molecular weight excluding hydrogens is 585 g/mol. The highest BCUT2D eigenvalue weighted by Crippen LogP contribution is 2.48. The molecule has 2 heterocycles. The largest absolute Gasteiger partial charge is 0.506 e. The number of nitrogens with zero attached hydrogens (tertiary/aromatic N) is 2. The highest BCUT2D eigenvalue weighted by molar-refractivity contribution is 5.90.